The van der Waals surface area contributed by atoms with E-state index in [1.54, 1.807) is 0 Å². The average molecular weight is 398 g/mol. The van der Waals surface area contributed by atoms with Gasteiger partial charge in [0.25, 0.3) is 0 Å². The first-order chi connectivity index (χ1) is 8.65. The fraction of sp³-hybridized carbons (Fsp3) is 0.615. The molecule has 102 valence electrons. The van der Waals surface area contributed by atoms with Crippen LogP contribution < -0.4 is 0 Å². The number of rotatable bonds is 9. The van der Waals surface area contributed by atoms with E-state index in [1.165, 1.54) is 37.0 Å². The van der Waals surface area contributed by atoms with Crippen molar-refractivity contribution in [3.05, 3.63) is 19.2 Å². The molecule has 0 aliphatic rings. The van der Waals surface area contributed by atoms with Crippen LogP contribution >= 0.6 is 43.2 Å². The van der Waals surface area contributed by atoms with Crippen LogP contribution in [0.2, 0.25) is 0 Å². The van der Waals surface area contributed by atoms with Crippen molar-refractivity contribution in [1.29, 1.82) is 0 Å². The first-order valence-corrected chi connectivity index (χ1v) is 8.61. The van der Waals surface area contributed by atoms with Gasteiger partial charge >= 0.3 is 0 Å². The minimum absolute atomic E-state index is 0.0392. The molecule has 0 N–H and O–H groups in total. The van der Waals surface area contributed by atoms with E-state index in [2.05, 4.69) is 38.8 Å². The fourth-order valence-corrected chi connectivity index (χ4v) is 4.44. The first kappa shape index (κ1) is 16.3. The third-order valence-electron chi connectivity index (χ3n) is 2.58. The van der Waals surface area contributed by atoms with Gasteiger partial charge in [0.2, 0.25) is 0 Å². The van der Waals surface area contributed by atoms with E-state index in [0.717, 1.165) is 14.0 Å². The summed E-state index contributed by atoms with van der Waals surface area (Å²) in [4.78, 5) is 11.8. The highest BCUT2D eigenvalue weighted by molar-refractivity contribution is 9.12. The molecule has 0 radical (unpaired) electrons. The maximum atomic E-state index is 11.8. The molecule has 0 aliphatic heterocycles. The first-order valence-electron chi connectivity index (χ1n) is 6.21. The number of ether oxygens (including phenoxy) is 1. The second-order valence-corrected chi connectivity index (χ2v) is 7.88. The summed E-state index contributed by atoms with van der Waals surface area (Å²) < 4.78 is 7.24. The van der Waals surface area contributed by atoms with Crippen molar-refractivity contribution < 1.29 is 9.53 Å². The van der Waals surface area contributed by atoms with E-state index in [-0.39, 0.29) is 12.4 Å². The third-order valence-corrected chi connectivity index (χ3v) is 4.92. The standard InChI is InChI=1S/C13H18Br2O2S/c1-2-3-4-5-6-7-17-9-11(16)10-8-12(14)18-13(10)15/h8H,2-7,9H2,1H3. The summed E-state index contributed by atoms with van der Waals surface area (Å²) in [7, 11) is 0. The number of Topliss-reactive ketones (excluding diaryl/α,β-unsaturated/α-hetero) is 1. The second kappa shape index (κ2) is 9.23. The Morgan fingerprint density at radius 1 is 1.28 bits per heavy atom. The summed E-state index contributed by atoms with van der Waals surface area (Å²) in [6, 6.07) is 1.84. The molecule has 0 saturated heterocycles. The van der Waals surface area contributed by atoms with E-state index in [4.69, 9.17) is 4.74 Å². The van der Waals surface area contributed by atoms with Gasteiger partial charge < -0.3 is 4.74 Å². The van der Waals surface area contributed by atoms with Gasteiger partial charge in [0.1, 0.15) is 6.61 Å². The SMILES string of the molecule is CCCCCCCOCC(=O)c1cc(Br)sc1Br. The second-order valence-electron chi connectivity index (χ2n) is 4.13. The van der Waals surface area contributed by atoms with Crippen molar-refractivity contribution >= 4 is 49.0 Å². The van der Waals surface area contributed by atoms with Crippen LogP contribution in [0.1, 0.15) is 49.4 Å². The third kappa shape index (κ3) is 5.95. The topological polar surface area (TPSA) is 26.3 Å². The summed E-state index contributed by atoms with van der Waals surface area (Å²) in [5.74, 6) is 0.0392. The van der Waals surface area contributed by atoms with Crippen LogP contribution in [0.4, 0.5) is 0 Å². The lowest BCUT2D eigenvalue weighted by atomic mass is 10.2. The highest BCUT2D eigenvalue weighted by atomic mass is 79.9. The molecule has 1 aromatic rings. The van der Waals surface area contributed by atoms with Crippen LogP contribution in [0, 0.1) is 0 Å². The number of hydrogen-bond donors (Lipinski definition) is 0. The number of carbonyl (C=O) groups is 1. The number of carbonyl (C=O) groups excluding carboxylic acids is 1. The maximum Gasteiger partial charge on any atom is 0.190 e. The molecule has 1 heterocycles. The summed E-state index contributed by atoms with van der Waals surface area (Å²) in [5, 5.41) is 0. The van der Waals surface area contributed by atoms with Crippen LogP contribution in [0.25, 0.3) is 0 Å². The van der Waals surface area contributed by atoms with Gasteiger partial charge in [-0.1, -0.05) is 32.6 Å². The van der Waals surface area contributed by atoms with Gasteiger partial charge in [-0.25, -0.2) is 0 Å². The fourth-order valence-electron chi connectivity index (χ4n) is 1.58. The zero-order chi connectivity index (χ0) is 13.4. The number of ketones is 1. The molecule has 5 heteroatoms. The predicted octanol–water partition coefficient (Wildman–Crippen LogP) is 5.44. The lowest BCUT2D eigenvalue weighted by Gasteiger charge is -2.03. The van der Waals surface area contributed by atoms with Gasteiger partial charge in [-0.2, -0.15) is 0 Å². The Balaban J connectivity index is 2.16. The van der Waals surface area contributed by atoms with Crippen LogP contribution in [-0.2, 0) is 4.74 Å². The van der Waals surface area contributed by atoms with Crippen LogP contribution in [0.5, 0.6) is 0 Å². The average Bonchev–Trinajstić information content (AvgIpc) is 2.67. The van der Waals surface area contributed by atoms with Crippen molar-refractivity contribution in [3.63, 3.8) is 0 Å². The molecule has 1 aromatic heterocycles. The lowest BCUT2D eigenvalue weighted by Crippen LogP contribution is -2.09. The Hall–Kier alpha value is 0.290. The molecule has 1 rings (SSSR count). The molecular weight excluding hydrogens is 380 g/mol. The van der Waals surface area contributed by atoms with Crippen LogP contribution in [0.15, 0.2) is 13.6 Å². The summed E-state index contributed by atoms with van der Waals surface area (Å²) in [6.07, 6.45) is 6.03. The van der Waals surface area contributed by atoms with Gasteiger partial charge in [-0.05, 0) is 44.3 Å². The molecule has 18 heavy (non-hydrogen) atoms. The molecule has 0 saturated carbocycles. The van der Waals surface area contributed by atoms with Crippen LogP contribution in [-0.4, -0.2) is 19.0 Å². The van der Waals surface area contributed by atoms with Gasteiger partial charge in [0.05, 0.1) is 7.57 Å². The normalized spacial score (nSPS) is 10.8. The van der Waals surface area contributed by atoms with Crippen molar-refractivity contribution in [2.45, 2.75) is 39.0 Å². The molecule has 0 unspecified atom stereocenters. The van der Waals surface area contributed by atoms with Crippen molar-refractivity contribution in [3.8, 4) is 0 Å². The zero-order valence-corrected chi connectivity index (χ0v) is 14.5. The lowest BCUT2D eigenvalue weighted by molar-refractivity contribution is 0.0752. The Kier molecular flexibility index (Phi) is 8.39. The van der Waals surface area contributed by atoms with Crippen molar-refractivity contribution in [1.82, 2.24) is 0 Å². The number of halogens is 2. The molecule has 0 spiro atoms. The molecule has 0 atom stereocenters. The van der Waals surface area contributed by atoms with Gasteiger partial charge in [0, 0.05) is 12.2 Å². The van der Waals surface area contributed by atoms with E-state index < -0.39 is 0 Å². The molecule has 2 nitrogen and oxygen atoms in total. The van der Waals surface area contributed by atoms with E-state index >= 15 is 0 Å². The molecule has 0 bridgehead atoms. The van der Waals surface area contributed by atoms with Gasteiger partial charge in [0.15, 0.2) is 5.78 Å². The van der Waals surface area contributed by atoms with Crippen molar-refractivity contribution in [2.24, 2.45) is 0 Å². The number of hydrogen-bond acceptors (Lipinski definition) is 3. The molecule has 0 aromatic carbocycles. The number of thiophene rings is 1. The largest absolute Gasteiger partial charge is 0.373 e. The summed E-state index contributed by atoms with van der Waals surface area (Å²) in [6.45, 7) is 3.06. The minimum Gasteiger partial charge on any atom is -0.373 e. The molecule has 0 fully saturated rings. The monoisotopic (exact) mass is 396 g/mol. The Morgan fingerprint density at radius 3 is 2.61 bits per heavy atom. The summed E-state index contributed by atoms with van der Waals surface area (Å²) in [5.41, 5.74) is 0.706. The number of unbranched alkanes of at least 4 members (excludes halogenated alkanes) is 4. The zero-order valence-electron chi connectivity index (χ0n) is 10.5. The minimum atomic E-state index is 0.0392. The Morgan fingerprint density at radius 2 is 2.00 bits per heavy atom. The van der Waals surface area contributed by atoms with Crippen LogP contribution in [0.3, 0.4) is 0 Å². The van der Waals surface area contributed by atoms with E-state index in [0.29, 0.717) is 12.2 Å². The maximum absolute atomic E-state index is 11.8. The predicted molar refractivity (Wildman–Crippen MR) is 83.6 cm³/mol. The quantitative estimate of drug-likeness (QED) is 0.409. The Labute approximate surface area is 129 Å². The van der Waals surface area contributed by atoms with Crippen molar-refractivity contribution in [2.75, 3.05) is 13.2 Å². The van der Waals surface area contributed by atoms with E-state index in [9.17, 15) is 4.79 Å². The van der Waals surface area contributed by atoms with E-state index in [1.807, 2.05) is 6.07 Å². The van der Waals surface area contributed by atoms with Gasteiger partial charge in [-0.15, -0.1) is 11.3 Å². The van der Waals surface area contributed by atoms with Gasteiger partial charge in [-0.3, -0.25) is 4.79 Å². The highest BCUT2D eigenvalue weighted by Gasteiger charge is 2.13. The smallest absolute Gasteiger partial charge is 0.190 e. The molecule has 0 aliphatic carbocycles. The highest BCUT2D eigenvalue weighted by Crippen LogP contribution is 2.32. The molecule has 0 amide bonds. The Bertz CT molecular complexity index is 377. The molecular formula is C13H18Br2O2S. The summed E-state index contributed by atoms with van der Waals surface area (Å²) >= 11 is 8.25.